The maximum atomic E-state index is 4.35. The van der Waals surface area contributed by atoms with Crippen molar-refractivity contribution in [1.29, 1.82) is 0 Å². The van der Waals surface area contributed by atoms with Crippen LogP contribution in [0.3, 0.4) is 0 Å². The summed E-state index contributed by atoms with van der Waals surface area (Å²) in [6.45, 7) is 0. The monoisotopic (exact) mass is 267 g/mol. The first-order valence-corrected chi connectivity index (χ1v) is 7.35. The van der Waals surface area contributed by atoms with Crippen LogP contribution in [-0.4, -0.2) is 9.97 Å². The fraction of sp³-hybridized carbons (Fsp3) is 0.200. The number of benzene rings is 1. The van der Waals surface area contributed by atoms with Crippen LogP contribution in [0.4, 0.5) is 11.5 Å². The zero-order valence-corrected chi connectivity index (χ0v) is 11.2. The van der Waals surface area contributed by atoms with Crippen LogP contribution in [0.15, 0.2) is 36.0 Å². The summed E-state index contributed by atoms with van der Waals surface area (Å²) in [7, 11) is 0. The topological polar surface area (TPSA) is 37.8 Å². The van der Waals surface area contributed by atoms with E-state index in [0.717, 1.165) is 21.7 Å². The first kappa shape index (κ1) is 10.9. The summed E-state index contributed by atoms with van der Waals surface area (Å²) >= 11 is 1.64. The minimum absolute atomic E-state index is 0.893. The molecular weight excluding hydrogens is 254 g/mol. The predicted octanol–water partition coefficient (Wildman–Crippen LogP) is 3.92. The van der Waals surface area contributed by atoms with E-state index in [2.05, 4.69) is 39.6 Å². The fourth-order valence-corrected chi connectivity index (χ4v) is 3.41. The van der Waals surface area contributed by atoms with Gasteiger partial charge in [-0.1, -0.05) is 6.07 Å². The van der Waals surface area contributed by atoms with Crippen LogP contribution >= 0.6 is 11.3 Å². The van der Waals surface area contributed by atoms with Crippen molar-refractivity contribution >= 4 is 33.1 Å². The fourth-order valence-electron chi connectivity index (χ4n) is 2.68. The van der Waals surface area contributed by atoms with Gasteiger partial charge in [-0.05, 0) is 54.0 Å². The summed E-state index contributed by atoms with van der Waals surface area (Å²) in [5, 5.41) is 6.56. The number of rotatable bonds is 2. The molecule has 2 heterocycles. The first-order valence-electron chi connectivity index (χ1n) is 6.47. The Balaban J connectivity index is 1.73. The van der Waals surface area contributed by atoms with Gasteiger partial charge in [0.1, 0.15) is 17.0 Å². The maximum Gasteiger partial charge on any atom is 0.142 e. The summed E-state index contributed by atoms with van der Waals surface area (Å²) in [4.78, 5) is 9.65. The number of hydrogen-bond donors (Lipinski definition) is 1. The Bertz CT molecular complexity index is 748. The van der Waals surface area contributed by atoms with E-state index >= 15 is 0 Å². The Kier molecular flexibility index (Phi) is 2.48. The second-order valence-corrected chi connectivity index (χ2v) is 5.72. The number of aromatic nitrogens is 2. The van der Waals surface area contributed by atoms with Gasteiger partial charge in [0.2, 0.25) is 0 Å². The van der Waals surface area contributed by atoms with Gasteiger partial charge >= 0.3 is 0 Å². The molecule has 1 aliphatic carbocycles. The zero-order chi connectivity index (χ0) is 12.7. The van der Waals surface area contributed by atoms with Crippen molar-refractivity contribution < 1.29 is 0 Å². The molecule has 0 aliphatic heterocycles. The summed E-state index contributed by atoms with van der Waals surface area (Å²) in [6, 6.07) is 8.69. The van der Waals surface area contributed by atoms with Gasteiger partial charge in [0.15, 0.2) is 0 Å². The Morgan fingerprint density at radius 2 is 2.00 bits per heavy atom. The molecule has 1 aliphatic rings. The molecule has 1 N–H and O–H groups in total. The molecule has 2 aromatic heterocycles. The molecule has 0 saturated heterocycles. The third kappa shape index (κ3) is 1.88. The molecule has 19 heavy (non-hydrogen) atoms. The quantitative estimate of drug-likeness (QED) is 0.764. The van der Waals surface area contributed by atoms with Crippen molar-refractivity contribution in [2.75, 3.05) is 5.32 Å². The Hall–Kier alpha value is -1.94. The summed E-state index contributed by atoms with van der Waals surface area (Å²) in [5.41, 5.74) is 4.08. The number of nitrogens with zero attached hydrogens (tertiary/aromatic N) is 2. The third-order valence-corrected chi connectivity index (χ3v) is 4.44. The molecule has 0 fully saturated rings. The highest BCUT2D eigenvalue weighted by atomic mass is 32.1. The number of anilines is 2. The van der Waals surface area contributed by atoms with E-state index in [1.165, 1.54) is 30.4 Å². The van der Waals surface area contributed by atoms with Crippen LogP contribution in [0, 0.1) is 0 Å². The zero-order valence-electron chi connectivity index (χ0n) is 10.4. The molecule has 0 saturated carbocycles. The Labute approximate surface area is 115 Å². The van der Waals surface area contributed by atoms with Gasteiger partial charge in [-0.3, -0.25) is 0 Å². The molecule has 0 radical (unpaired) electrons. The minimum Gasteiger partial charge on any atom is -0.340 e. The molecule has 0 unspecified atom stereocenters. The normalized spacial score (nSPS) is 13.7. The van der Waals surface area contributed by atoms with Crippen molar-refractivity contribution in [2.24, 2.45) is 0 Å². The van der Waals surface area contributed by atoms with E-state index in [4.69, 9.17) is 0 Å². The predicted molar refractivity (Wildman–Crippen MR) is 79.2 cm³/mol. The van der Waals surface area contributed by atoms with Crippen molar-refractivity contribution in [3.8, 4) is 0 Å². The molecule has 4 heteroatoms. The van der Waals surface area contributed by atoms with E-state index in [0.29, 0.717) is 0 Å². The Morgan fingerprint density at radius 3 is 3.00 bits per heavy atom. The highest BCUT2D eigenvalue weighted by Crippen LogP contribution is 2.29. The van der Waals surface area contributed by atoms with Crippen LogP contribution in [-0.2, 0) is 12.8 Å². The lowest BCUT2D eigenvalue weighted by atomic mass is 10.1. The molecular formula is C15H13N3S. The van der Waals surface area contributed by atoms with E-state index in [1.54, 1.807) is 17.7 Å². The third-order valence-electron chi connectivity index (χ3n) is 3.62. The number of hydrogen-bond acceptors (Lipinski definition) is 4. The van der Waals surface area contributed by atoms with Gasteiger partial charge < -0.3 is 5.32 Å². The van der Waals surface area contributed by atoms with E-state index in [1.807, 2.05) is 5.38 Å². The van der Waals surface area contributed by atoms with Crippen molar-refractivity contribution in [1.82, 2.24) is 9.97 Å². The molecule has 0 atom stereocenters. The second-order valence-electron chi connectivity index (χ2n) is 4.82. The van der Waals surface area contributed by atoms with Crippen molar-refractivity contribution in [3.05, 3.63) is 47.1 Å². The average molecular weight is 267 g/mol. The lowest BCUT2D eigenvalue weighted by molar-refractivity contribution is 0.912. The van der Waals surface area contributed by atoms with Gasteiger partial charge in [-0.2, -0.15) is 0 Å². The van der Waals surface area contributed by atoms with Gasteiger partial charge in [0.25, 0.3) is 0 Å². The number of aryl methyl sites for hydroxylation is 2. The standard InChI is InChI=1S/C15H13N3S/c1-2-10-4-5-12(8-11(10)3-1)18-14-13-6-7-19-15(13)17-9-16-14/h4-9H,1-3H2,(H,16,17,18). The largest absolute Gasteiger partial charge is 0.340 e. The summed E-state index contributed by atoms with van der Waals surface area (Å²) < 4.78 is 0. The lowest BCUT2D eigenvalue weighted by Gasteiger charge is -2.08. The molecule has 0 spiro atoms. The highest BCUT2D eigenvalue weighted by Gasteiger charge is 2.11. The molecule has 94 valence electrons. The molecule has 0 amide bonds. The first-order chi connectivity index (χ1) is 9.40. The van der Waals surface area contributed by atoms with Crippen LogP contribution in [0.1, 0.15) is 17.5 Å². The van der Waals surface area contributed by atoms with Gasteiger partial charge in [-0.15, -0.1) is 11.3 Å². The number of thiophene rings is 1. The molecule has 1 aromatic carbocycles. The minimum atomic E-state index is 0.893. The smallest absolute Gasteiger partial charge is 0.142 e. The number of fused-ring (bicyclic) bond motifs is 2. The molecule has 3 nitrogen and oxygen atoms in total. The number of nitrogens with one attached hydrogen (secondary N) is 1. The van der Waals surface area contributed by atoms with E-state index in [9.17, 15) is 0 Å². The molecule has 3 aromatic rings. The van der Waals surface area contributed by atoms with Crippen molar-refractivity contribution in [2.45, 2.75) is 19.3 Å². The Morgan fingerprint density at radius 1 is 1.05 bits per heavy atom. The lowest BCUT2D eigenvalue weighted by Crippen LogP contribution is -1.95. The van der Waals surface area contributed by atoms with Gasteiger partial charge in [0.05, 0.1) is 5.39 Å². The average Bonchev–Trinajstić information content (AvgIpc) is 3.06. The van der Waals surface area contributed by atoms with Gasteiger partial charge in [-0.25, -0.2) is 9.97 Å². The van der Waals surface area contributed by atoms with Gasteiger partial charge in [0, 0.05) is 5.69 Å². The van der Waals surface area contributed by atoms with E-state index in [-0.39, 0.29) is 0 Å². The van der Waals surface area contributed by atoms with Crippen LogP contribution < -0.4 is 5.32 Å². The second kappa shape index (κ2) is 4.31. The maximum absolute atomic E-state index is 4.35. The van der Waals surface area contributed by atoms with Crippen LogP contribution in [0.2, 0.25) is 0 Å². The SMILES string of the molecule is c1nc(Nc2ccc3c(c2)CCC3)c2ccsc2n1. The summed E-state index contributed by atoms with van der Waals surface area (Å²) in [6.07, 6.45) is 5.32. The summed E-state index contributed by atoms with van der Waals surface area (Å²) in [5.74, 6) is 0.893. The highest BCUT2D eigenvalue weighted by molar-refractivity contribution is 7.16. The van der Waals surface area contributed by atoms with Crippen molar-refractivity contribution in [3.63, 3.8) is 0 Å². The van der Waals surface area contributed by atoms with E-state index < -0.39 is 0 Å². The molecule has 4 rings (SSSR count). The molecule has 0 bridgehead atoms. The van der Waals surface area contributed by atoms with Crippen LogP contribution in [0.5, 0.6) is 0 Å². The van der Waals surface area contributed by atoms with Crippen LogP contribution in [0.25, 0.3) is 10.2 Å².